The molecule has 0 spiro atoms. The molecule has 1 aromatic rings. The molecule has 1 fully saturated rings. The van der Waals surface area contributed by atoms with Gasteiger partial charge in [0.15, 0.2) is 5.76 Å². The van der Waals surface area contributed by atoms with E-state index in [-0.39, 0.29) is 0 Å². The molecular formula is C17H22FN3O. The predicted molar refractivity (Wildman–Crippen MR) is 84.5 cm³/mol. The highest BCUT2D eigenvalue weighted by Crippen LogP contribution is 2.21. The van der Waals surface area contributed by atoms with E-state index in [0.717, 1.165) is 17.8 Å². The molecule has 2 aliphatic rings. The minimum absolute atomic E-state index is 0.314. The van der Waals surface area contributed by atoms with Gasteiger partial charge in [-0.25, -0.2) is 0 Å². The highest BCUT2D eigenvalue weighted by atomic mass is 19.3. The van der Waals surface area contributed by atoms with Gasteiger partial charge in [-0.3, -0.25) is 9.62 Å². The number of hydrogen-bond donors (Lipinski definition) is 0. The van der Waals surface area contributed by atoms with Crippen LogP contribution in [0.2, 0.25) is 0 Å². The van der Waals surface area contributed by atoms with Crippen LogP contribution in [0.1, 0.15) is 31.4 Å². The van der Waals surface area contributed by atoms with Gasteiger partial charge >= 0.3 is 0 Å². The lowest BCUT2D eigenvalue weighted by atomic mass is 10.0. The van der Waals surface area contributed by atoms with E-state index in [0.29, 0.717) is 18.2 Å². The Hall–Kier alpha value is -1.88. The largest absolute Gasteiger partial charge is 0.302 e. The molecule has 1 atom stereocenters. The SMILES string of the molecule is CN1CCCC[C@H]1Cn1ccc(C2=CC=C(OF)CC=C2)n1. The van der Waals surface area contributed by atoms with Crippen LogP contribution in [-0.2, 0) is 11.5 Å². The number of piperidine rings is 1. The van der Waals surface area contributed by atoms with Crippen LogP contribution in [0.3, 0.4) is 0 Å². The van der Waals surface area contributed by atoms with Gasteiger partial charge in [0.05, 0.1) is 12.2 Å². The van der Waals surface area contributed by atoms with Crippen molar-refractivity contribution in [1.82, 2.24) is 14.7 Å². The van der Waals surface area contributed by atoms with E-state index >= 15 is 0 Å². The average Bonchev–Trinajstić information content (AvgIpc) is 2.85. The van der Waals surface area contributed by atoms with E-state index in [1.807, 2.05) is 35.2 Å². The molecule has 0 saturated carbocycles. The number of aromatic nitrogens is 2. The molecule has 4 nitrogen and oxygen atoms in total. The van der Waals surface area contributed by atoms with Crippen molar-refractivity contribution < 1.29 is 9.47 Å². The van der Waals surface area contributed by atoms with Gasteiger partial charge in [0.2, 0.25) is 0 Å². The van der Waals surface area contributed by atoms with Crippen LogP contribution in [0, 0.1) is 0 Å². The average molecular weight is 303 g/mol. The van der Waals surface area contributed by atoms with E-state index in [1.54, 1.807) is 6.08 Å². The van der Waals surface area contributed by atoms with Gasteiger partial charge in [-0.15, -0.1) is 0 Å². The molecule has 5 heteroatoms. The first kappa shape index (κ1) is 15.0. The summed E-state index contributed by atoms with van der Waals surface area (Å²) < 4.78 is 14.2. The van der Waals surface area contributed by atoms with Gasteiger partial charge in [-0.05, 0) is 44.7 Å². The van der Waals surface area contributed by atoms with Crippen molar-refractivity contribution in [1.29, 1.82) is 0 Å². The number of allylic oxidation sites excluding steroid dienone is 5. The number of nitrogens with zero attached hydrogens (tertiary/aromatic N) is 3. The second-order valence-electron chi connectivity index (χ2n) is 5.99. The lowest BCUT2D eigenvalue weighted by molar-refractivity contribution is -0.0847. The van der Waals surface area contributed by atoms with E-state index in [4.69, 9.17) is 0 Å². The Balaban J connectivity index is 1.71. The minimum atomic E-state index is 0.314. The van der Waals surface area contributed by atoms with Crippen molar-refractivity contribution in [3.63, 3.8) is 0 Å². The third-order valence-corrected chi connectivity index (χ3v) is 4.42. The molecule has 0 aromatic carbocycles. The molecule has 0 bridgehead atoms. The summed E-state index contributed by atoms with van der Waals surface area (Å²) in [5.74, 6) is 0.314. The summed E-state index contributed by atoms with van der Waals surface area (Å²) in [5, 5.41) is 4.66. The van der Waals surface area contributed by atoms with E-state index in [2.05, 4.69) is 22.0 Å². The first-order chi connectivity index (χ1) is 10.8. The Morgan fingerprint density at radius 3 is 3.09 bits per heavy atom. The fourth-order valence-corrected chi connectivity index (χ4v) is 3.04. The third kappa shape index (κ3) is 3.47. The molecule has 22 heavy (non-hydrogen) atoms. The Morgan fingerprint density at radius 1 is 1.36 bits per heavy atom. The maximum absolute atomic E-state index is 12.2. The zero-order chi connectivity index (χ0) is 15.4. The minimum Gasteiger partial charge on any atom is -0.302 e. The molecule has 0 N–H and O–H groups in total. The number of rotatable bonds is 4. The van der Waals surface area contributed by atoms with Crippen LogP contribution in [0.5, 0.6) is 0 Å². The second kappa shape index (κ2) is 6.92. The fourth-order valence-electron chi connectivity index (χ4n) is 3.04. The molecule has 1 aliphatic heterocycles. The van der Waals surface area contributed by atoms with Gasteiger partial charge in [-0.1, -0.05) is 18.6 Å². The molecule has 1 saturated heterocycles. The van der Waals surface area contributed by atoms with Crippen LogP contribution in [0.4, 0.5) is 4.53 Å². The highest BCUT2D eigenvalue weighted by molar-refractivity contribution is 5.73. The normalized spacial score (nSPS) is 22.9. The predicted octanol–water partition coefficient (Wildman–Crippen LogP) is 3.50. The summed E-state index contributed by atoms with van der Waals surface area (Å²) >= 11 is 0. The van der Waals surface area contributed by atoms with Crippen molar-refractivity contribution in [2.24, 2.45) is 0 Å². The van der Waals surface area contributed by atoms with E-state index < -0.39 is 0 Å². The zero-order valence-electron chi connectivity index (χ0n) is 12.9. The number of halogens is 1. The summed E-state index contributed by atoms with van der Waals surface area (Å²) in [6, 6.07) is 2.57. The maximum Gasteiger partial charge on any atom is 0.152 e. The molecule has 1 aliphatic carbocycles. The molecule has 0 amide bonds. The monoisotopic (exact) mass is 303 g/mol. The summed E-state index contributed by atoms with van der Waals surface area (Å²) in [4.78, 5) is 6.23. The Bertz CT molecular complexity index is 603. The highest BCUT2D eigenvalue weighted by Gasteiger charge is 2.19. The first-order valence-corrected chi connectivity index (χ1v) is 7.86. The Kier molecular flexibility index (Phi) is 4.73. The summed E-state index contributed by atoms with van der Waals surface area (Å²) in [6.07, 6.45) is 13.7. The molecule has 2 heterocycles. The van der Waals surface area contributed by atoms with Crippen LogP contribution in [0.25, 0.3) is 5.57 Å². The fraction of sp³-hybridized carbons (Fsp3) is 0.471. The number of likely N-dealkylation sites (N-methyl/N-ethyl adjacent to an activating group) is 1. The summed E-state index contributed by atoms with van der Waals surface area (Å²) in [5.41, 5.74) is 1.88. The quantitative estimate of drug-likeness (QED) is 0.853. The van der Waals surface area contributed by atoms with Crippen molar-refractivity contribution >= 4 is 5.57 Å². The maximum atomic E-state index is 12.2. The number of likely N-dealkylation sites (tertiary alicyclic amines) is 1. The molecular weight excluding hydrogens is 281 g/mol. The van der Waals surface area contributed by atoms with Crippen LogP contribution >= 0.6 is 0 Å². The van der Waals surface area contributed by atoms with Crippen molar-refractivity contribution in [3.8, 4) is 0 Å². The topological polar surface area (TPSA) is 30.3 Å². The van der Waals surface area contributed by atoms with E-state index in [9.17, 15) is 4.53 Å². The van der Waals surface area contributed by atoms with Gasteiger partial charge in [0.1, 0.15) is 0 Å². The van der Waals surface area contributed by atoms with Crippen molar-refractivity contribution in [3.05, 3.63) is 48.0 Å². The van der Waals surface area contributed by atoms with Gasteiger partial charge in [0.25, 0.3) is 0 Å². The van der Waals surface area contributed by atoms with Crippen molar-refractivity contribution in [2.75, 3.05) is 13.6 Å². The van der Waals surface area contributed by atoms with Gasteiger partial charge in [-0.2, -0.15) is 5.10 Å². The lowest BCUT2D eigenvalue weighted by Gasteiger charge is -2.32. The van der Waals surface area contributed by atoms with Gasteiger partial charge in [0, 0.05) is 28.8 Å². The number of hydrogen-bond acceptors (Lipinski definition) is 3. The Labute approximate surface area is 130 Å². The molecule has 0 radical (unpaired) electrons. The summed E-state index contributed by atoms with van der Waals surface area (Å²) in [7, 11) is 2.19. The molecule has 3 rings (SSSR count). The zero-order valence-corrected chi connectivity index (χ0v) is 12.9. The molecule has 118 valence electrons. The first-order valence-electron chi connectivity index (χ1n) is 7.86. The third-order valence-electron chi connectivity index (χ3n) is 4.42. The lowest BCUT2D eigenvalue weighted by Crippen LogP contribution is -2.39. The van der Waals surface area contributed by atoms with Crippen LogP contribution in [0.15, 0.2) is 42.3 Å². The van der Waals surface area contributed by atoms with E-state index in [1.165, 1.54) is 25.8 Å². The molecule has 0 unspecified atom stereocenters. The second-order valence-corrected chi connectivity index (χ2v) is 5.99. The molecule has 1 aromatic heterocycles. The standard InChI is InChI=1S/C17H22FN3O/c1-20-11-3-2-6-15(20)13-21-12-10-17(19-21)14-5-4-7-16(22-18)9-8-14/h4-5,8-10,12,15H,2-3,6-7,11,13H2,1H3/t15-/m0/s1. The van der Waals surface area contributed by atoms with Crippen molar-refractivity contribution in [2.45, 2.75) is 38.3 Å². The Morgan fingerprint density at radius 2 is 2.27 bits per heavy atom. The van der Waals surface area contributed by atoms with Crippen LogP contribution in [-0.4, -0.2) is 34.3 Å². The van der Waals surface area contributed by atoms with Gasteiger partial charge < -0.3 is 4.90 Å². The smallest absolute Gasteiger partial charge is 0.152 e. The van der Waals surface area contributed by atoms with Crippen LogP contribution < -0.4 is 0 Å². The summed E-state index contributed by atoms with van der Waals surface area (Å²) in [6.45, 7) is 2.09.